The molecule has 35 heavy (non-hydrogen) atoms. The highest BCUT2D eigenvalue weighted by molar-refractivity contribution is 6.04. The lowest BCUT2D eigenvalue weighted by Crippen LogP contribution is -2.45. The first-order valence-electron chi connectivity index (χ1n) is 11.5. The Morgan fingerprint density at radius 1 is 0.800 bits per heavy atom. The topological polar surface area (TPSA) is 99.8 Å². The summed E-state index contributed by atoms with van der Waals surface area (Å²) in [6, 6.07) is 22.8. The molecule has 3 aromatic carbocycles. The molecule has 1 aliphatic rings. The number of amides is 4. The molecule has 0 saturated carbocycles. The van der Waals surface area contributed by atoms with Gasteiger partial charge >= 0.3 is 6.03 Å². The summed E-state index contributed by atoms with van der Waals surface area (Å²) in [6.07, 6.45) is 1.47. The number of hydrogen-bond donors (Lipinski definition) is 3. The average molecular weight is 473 g/mol. The molecule has 8 heteroatoms. The van der Waals surface area contributed by atoms with Crippen molar-refractivity contribution >= 4 is 34.9 Å². The summed E-state index contributed by atoms with van der Waals surface area (Å²) in [5, 5.41) is 8.61. The largest absolute Gasteiger partial charge is 0.497 e. The minimum Gasteiger partial charge on any atom is -0.497 e. The van der Waals surface area contributed by atoms with Crippen LogP contribution in [0.25, 0.3) is 0 Å². The average Bonchev–Trinajstić information content (AvgIpc) is 2.90. The van der Waals surface area contributed by atoms with E-state index in [0.29, 0.717) is 42.2 Å². The van der Waals surface area contributed by atoms with Crippen molar-refractivity contribution in [2.24, 2.45) is 5.92 Å². The monoisotopic (exact) mass is 472 g/mol. The SMILES string of the molecule is COc1ccc(NC(=O)c2ccc(NC(=O)[C@H]3CCCN(C(=O)Nc4ccccc4)C3)cc2)cc1. The van der Waals surface area contributed by atoms with Gasteiger partial charge in [-0.15, -0.1) is 0 Å². The van der Waals surface area contributed by atoms with Crippen LogP contribution in [0.2, 0.25) is 0 Å². The molecule has 1 saturated heterocycles. The number of piperidine rings is 1. The summed E-state index contributed by atoms with van der Waals surface area (Å²) in [5.41, 5.74) is 2.45. The van der Waals surface area contributed by atoms with E-state index in [9.17, 15) is 14.4 Å². The van der Waals surface area contributed by atoms with Crippen molar-refractivity contribution in [1.82, 2.24) is 4.90 Å². The van der Waals surface area contributed by atoms with Crippen LogP contribution in [0.4, 0.5) is 21.9 Å². The van der Waals surface area contributed by atoms with Gasteiger partial charge in [-0.3, -0.25) is 9.59 Å². The van der Waals surface area contributed by atoms with Crippen LogP contribution in [-0.2, 0) is 4.79 Å². The molecule has 8 nitrogen and oxygen atoms in total. The fraction of sp³-hybridized carbons (Fsp3) is 0.222. The van der Waals surface area contributed by atoms with Crippen molar-refractivity contribution in [1.29, 1.82) is 0 Å². The summed E-state index contributed by atoms with van der Waals surface area (Å²) in [7, 11) is 1.58. The quantitative estimate of drug-likeness (QED) is 0.478. The predicted octanol–water partition coefficient (Wildman–Crippen LogP) is 4.83. The lowest BCUT2D eigenvalue weighted by Gasteiger charge is -2.32. The smallest absolute Gasteiger partial charge is 0.321 e. The fourth-order valence-corrected chi connectivity index (χ4v) is 3.93. The number of nitrogens with zero attached hydrogens (tertiary/aromatic N) is 1. The van der Waals surface area contributed by atoms with Gasteiger partial charge in [0.25, 0.3) is 5.91 Å². The lowest BCUT2D eigenvalue weighted by atomic mass is 9.97. The summed E-state index contributed by atoms with van der Waals surface area (Å²) in [4.78, 5) is 39.6. The van der Waals surface area contributed by atoms with E-state index >= 15 is 0 Å². The summed E-state index contributed by atoms with van der Waals surface area (Å²) in [5.74, 6) is 0.0161. The molecule has 1 atom stereocenters. The third-order valence-corrected chi connectivity index (χ3v) is 5.87. The van der Waals surface area contributed by atoms with Gasteiger partial charge in [-0.05, 0) is 73.5 Å². The lowest BCUT2D eigenvalue weighted by molar-refractivity contribution is -0.121. The predicted molar refractivity (Wildman–Crippen MR) is 136 cm³/mol. The van der Waals surface area contributed by atoms with Gasteiger partial charge in [0.1, 0.15) is 5.75 Å². The van der Waals surface area contributed by atoms with Gasteiger partial charge in [0.15, 0.2) is 0 Å². The normalized spacial score (nSPS) is 15.1. The highest BCUT2D eigenvalue weighted by atomic mass is 16.5. The van der Waals surface area contributed by atoms with Gasteiger partial charge in [-0.1, -0.05) is 18.2 Å². The number of methoxy groups -OCH3 is 1. The Labute approximate surface area is 204 Å². The highest BCUT2D eigenvalue weighted by Gasteiger charge is 2.28. The molecule has 0 radical (unpaired) electrons. The maximum absolute atomic E-state index is 12.8. The van der Waals surface area contributed by atoms with Crippen LogP contribution < -0.4 is 20.7 Å². The third kappa shape index (κ3) is 6.38. The number of carbonyl (C=O) groups is 3. The maximum atomic E-state index is 12.8. The zero-order chi connectivity index (χ0) is 24.6. The molecule has 3 aromatic rings. The summed E-state index contributed by atoms with van der Waals surface area (Å²) in [6.45, 7) is 0.966. The standard InChI is InChI=1S/C27H28N4O4/c1-35-24-15-13-23(14-16-24)28-25(32)19-9-11-22(12-10-19)29-26(33)20-6-5-17-31(18-20)27(34)30-21-7-3-2-4-8-21/h2-4,7-16,20H,5-6,17-18H2,1H3,(H,28,32)(H,29,33)(H,30,34)/t20-/m0/s1. The van der Waals surface area contributed by atoms with Crippen LogP contribution in [0.15, 0.2) is 78.9 Å². The van der Waals surface area contributed by atoms with Crippen LogP contribution in [0, 0.1) is 5.92 Å². The first kappa shape index (κ1) is 23.8. The number of likely N-dealkylation sites (tertiary alicyclic amines) is 1. The molecule has 180 valence electrons. The molecule has 0 aromatic heterocycles. The van der Waals surface area contributed by atoms with Gasteiger partial charge in [0.2, 0.25) is 5.91 Å². The molecule has 0 unspecified atom stereocenters. The first-order chi connectivity index (χ1) is 17.0. The Bertz CT molecular complexity index is 1160. The molecule has 4 rings (SSSR count). The number of carbonyl (C=O) groups excluding carboxylic acids is 3. The molecule has 1 fully saturated rings. The number of ether oxygens (including phenoxy) is 1. The fourth-order valence-electron chi connectivity index (χ4n) is 3.93. The molecular formula is C27H28N4O4. The minimum atomic E-state index is -0.302. The summed E-state index contributed by atoms with van der Waals surface area (Å²) < 4.78 is 5.12. The number of rotatable bonds is 6. The van der Waals surface area contributed by atoms with E-state index in [1.165, 1.54) is 0 Å². The molecule has 0 spiro atoms. The van der Waals surface area contributed by atoms with Crippen molar-refractivity contribution in [3.05, 3.63) is 84.4 Å². The van der Waals surface area contributed by atoms with E-state index in [-0.39, 0.29) is 23.8 Å². The zero-order valence-electron chi connectivity index (χ0n) is 19.5. The van der Waals surface area contributed by atoms with Crippen molar-refractivity contribution in [2.75, 3.05) is 36.1 Å². The molecule has 1 aliphatic heterocycles. The van der Waals surface area contributed by atoms with E-state index in [2.05, 4.69) is 16.0 Å². The highest BCUT2D eigenvalue weighted by Crippen LogP contribution is 2.21. The molecule has 0 aliphatic carbocycles. The van der Waals surface area contributed by atoms with E-state index in [1.807, 2.05) is 30.3 Å². The molecular weight excluding hydrogens is 444 g/mol. The minimum absolute atomic E-state index is 0.141. The van der Waals surface area contributed by atoms with Crippen LogP contribution in [0.1, 0.15) is 23.2 Å². The van der Waals surface area contributed by atoms with Crippen molar-refractivity contribution in [3.8, 4) is 5.75 Å². The maximum Gasteiger partial charge on any atom is 0.321 e. The second kappa shape index (κ2) is 11.2. The first-order valence-corrected chi connectivity index (χ1v) is 11.5. The number of anilines is 3. The molecule has 1 heterocycles. The van der Waals surface area contributed by atoms with Crippen LogP contribution in [-0.4, -0.2) is 42.9 Å². The second-order valence-electron chi connectivity index (χ2n) is 8.33. The third-order valence-electron chi connectivity index (χ3n) is 5.87. The Kier molecular flexibility index (Phi) is 7.62. The van der Waals surface area contributed by atoms with Crippen LogP contribution in [0.5, 0.6) is 5.75 Å². The van der Waals surface area contributed by atoms with Crippen LogP contribution in [0.3, 0.4) is 0 Å². The van der Waals surface area contributed by atoms with Gasteiger partial charge < -0.3 is 25.6 Å². The molecule has 0 bridgehead atoms. The number of urea groups is 1. The van der Waals surface area contributed by atoms with Crippen molar-refractivity contribution in [2.45, 2.75) is 12.8 Å². The van der Waals surface area contributed by atoms with Crippen LogP contribution >= 0.6 is 0 Å². The summed E-state index contributed by atoms with van der Waals surface area (Å²) >= 11 is 0. The van der Waals surface area contributed by atoms with E-state index < -0.39 is 0 Å². The van der Waals surface area contributed by atoms with Gasteiger partial charge in [0, 0.05) is 35.7 Å². The van der Waals surface area contributed by atoms with E-state index in [1.54, 1.807) is 60.5 Å². The number of benzene rings is 3. The zero-order valence-corrected chi connectivity index (χ0v) is 19.5. The van der Waals surface area contributed by atoms with Gasteiger partial charge in [-0.25, -0.2) is 4.79 Å². The van der Waals surface area contributed by atoms with Gasteiger partial charge in [-0.2, -0.15) is 0 Å². The number of para-hydroxylation sites is 1. The van der Waals surface area contributed by atoms with Crippen molar-refractivity contribution < 1.29 is 19.1 Å². The number of nitrogens with one attached hydrogen (secondary N) is 3. The molecule has 3 N–H and O–H groups in total. The Morgan fingerprint density at radius 2 is 1.43 bits per heavy atom. The number of hydrogen-bond acceptors (Lipinski definition) is 4. The second-order valence-corrected chi connectivity index (χ2v) is 8.33. The van der Waals surface area contributed by atoms with E-state index in [4.69, 9.17) is 4.74 Å². The Balaban J connectivity index is 1.30. The van der Waals surface area contributed by atoms with Gasteiger partial charge in [0.05, 0.1) is 13.0 Å². The Morgan fingerprint density at radius 3 is 2.11 bits per heavy atom. The Hall–Kier alpha value is -4.33. The molecule has 4 amide bonds. The van der Waals surface area contributed by atoms with E-state index in [0.717, 1.165) is 12.1 Å². The van der Waals surface area contributed by atoms with Crippen molar-refractivity contribution in [3.63, 3.8) is 0 Å².